The highest BCUT2D eigenvalue weighted by Gasteiger charge is 2.31. The molecule has 1 aliphatic heterocycles. The van der Waals surface area contributed by atoms with E-state index >= 15 is 0 Å². The minimum absolute atomic E-state index is 0.0289. The van der Waals surface area contributed by atoms with Crippen molar-refractivity contribution in [3.63, 3.8) is 0 Å². The molecule has 0 saturated carbocycles. The predicted molar refractivity (Wildman–Crippen MR) is 101 cm³/mol. The zero-order chi connectivity index (χ0) is 19.0. The summed E-state index contributed by atoms with van der Waals surface area (Å²) >= 11 is 1.35. The number of amides is 1. The molecular weight excluding hydrogens is 370 g/mol. The maximum absolute atomic E-state index is 12.7. The van der Waals surface area contributed by atoms with E-state index in [2.05, 4.69) is 4.98 Å². The molecule has 10 heteroatoms. The number of fused-ring (bicyclic) bond motifs is 1. The average Bonchev–Trinajstić information content (AvgIpc) is 3.28. The third-order valence-corrected chi connectivity index (χ3v) is 5.33. The summed E-state index contributed by atoms with van der Waals surface area (Å²) in [5.74, 6) is 0.890. The maximum atomic E-state index is 12.7. The van der Waals surface area contributed by atoms with Gasteiger partial charge in [-0.05, 0) is 23.1 Å². The first kappa shape index (κ1) is 17.3. The number of carbonyl (C=O) groups excluding carboxylic acids is 1. The highest BCUT2D eigenvalue weighted by molar-refractivity contribution is 7.15. The van der Waals surface area contributed by atoms with Crippen LogP contribution in [0.25, 0.3) is 4.96 Å². The molecule has 0 radical (unpaired) electrons. The van der Waals surface area contributed by atoms with Crippen molar-refractivity contribution in [3.05, 3.63) is 51.5 Å². The van der Waals surface area contributed by atoms with Gasteiger partial charge in [-0.15, -0.1) is 0 Å². The summed E-state index contributed by atoms with van der Waals surface area (Å²) in [7, 11) is 1.56. The van der Waals surface area contributed by atoms with Gasteiger partial charge in [0.05, 0.1) is 7.11 Å². The van der Waals surface area contributed by atoms with Gasteiger partial charge in [-0.3, -0.25) is 4.79 Å². The van der Waals surface area contributed by atoms with Crippen molar-refractivity contribution in [2.24, 2.45) is 0 Å². The van der Waals surface area contributed by atoms with Crippen LogP contribution in [-0.4, -0.2) is 58.4 Å². The number of anilines is 1. The Hall–Kier alpha value is -3.14. The second-order valence-electron chi connectivity index (χ2n) is 6.08. The summed E-state index contributed by atoms with van der Waals surface area (Å²) in [6, 6.07) is 7.04. The summed E-state index contributed by atoms with van der Waals surface area (Å²) < 4.78 is 6.67. The number of rotatable bonds is 4. The van der Waals surface area contributed by atoms with Crippen LogP contribution in [0.5, 0.6) is 5.75 Å². The first-order valence-corrected chi connectivity index (χ1v) is 9.24. The van der Waals surface area contributed by atoms with Crippen LogP contribution < -0.4 is 9.64 Å². The van der Waals surface area contributed by atoms with Crippen LogP contribution in [0.15, 0.2) is 35.8 Å². The molecule has 1 aromatic carbocycles. The highest BCUT2D eigenvalue weighted by atomic mass is 32.1. The molecule has 1 aliphatic rings. The standard InChI is InChI=1S/C17H17N5O4S/c1-26-13-4-2-3-12(11-13)16(23)20-7-5-19(6-8-20)14-15(22(24)25)21-9-10-27-17(21)18-14/h2-4,9-11H,5-8H2,1H3. The Morgan fingerprint density at radius 2 is 2.07 bits per heavy atom. The molecule has 0 bridgehead atoms. The van der Waals surface area contributed by atoms with Crippen LogP contribution in [0.1, 0.15) is 10.4 Å². The number of carbonyl (C=O) groups is 1. The van der Waals surface area contributed by atoms with E-state index in [-0.39, 0.29) is 11.7 Å². The quantitative estimate of drug-likeness (QED) is 0.504. The third-order valence-electron chi connectivity index (χ3n) is 4.58. The van der Waals surface area contributed by atoms with E-state index in [9.17, 15) is 14.9 Å². The van der Waals surface area contributed by atoms with Gasteiger partial charge in [-0.25, -0.2) is 0 Å². The van der Waals surface area contributed by atoms with Crippen LogP contribution in [0.2, 0.25) is 0 Å². The van der Waals surface area contributed by atoms with Crippen LogP contribution in [-0.2, 0) is 0 Å². The molecule has 0 spiro atoms. The number of benzene rings is 1. The molecule has 0 atom stereocenters. The molecule has 1 amide bonds. The minimum Gasteiger partial charge on any atom is -0.497 e. The summed E-state index contributed by atoms with van der Waals surface area (Å²) in [6.45, 7) is 1.92. The lowest BCUT2D eigenvalue weighted by Gasteiger charge is -2.34. The van der Waals surface area contributed by atoms with Crippen molar-refractivity contribution < 1.29 is 14.5 Å². The van der Waals surface area contributed by atoms with Crippen molar-refractivity contribution in [3.8, 4) is 5.75 Å². The summed E-state index contributed by atoms with van der Waals surface area (Å²) in [6.07, 6.45) is 1.65. The minimum atomic E-state index is -0.407. The normalized spacial score (nSPS) is 14.6. The predicted octanol–water partition coefficient (Wildman–Crippen LogP) is 2.28. The van der Waals surface area contributed by atoms with Crippen molar-refractivity contribution in [1.82, 2.24) is 14.3 Å². The Labute approximate surface area is 158 Å². The number of thiazole rings is 1. The van der Waals surface area contributed by atoms with E-state index in [0.717, 1.165) is 0 Å². The van der Waals surface area contributed by atoms with Crippen molar-refractivity contribution in [1.29, 1.82) is 0 Å². The van der Waals surface area contributed by atoms with Gasteiger partial charge < -0.3 is 24.7 Å². The van der Waals surface area contributed by atoms with E-state index in [1.54, 1.807) is 47.9 Å². The molecule has 0 N–H and O–H groups in total. The Morgan fingerprint density at radius 3 is 2.78 bits per heavy atom. The maximum Gasteiger partial charge on any atom is 0.373 e. The summed E-state index contributed by atoms with van der Waals surface area (Å²) in [4.78, 5) is 32.4. The van der Waals surface area contributed by atoms with Crippen LogP contribution in [0.3, 0.4) is 0 Å². The Balaban J connectivity index is 1.51. The monoisotopic (exact) mass is 387 g/mol. The zero-order valence-corrected chi connectivity index (χ0v) is 15.4. The average molecular weight is 387 g/mol. The van der Waals surface area contributed by atoms with Crippen LogP contribution in [0, 0.1) is 10.1 Å². The molecule has 0 aliphatic carbocycles. The number of piperazine rings is 1. The first-order valence-electron chi connectivity index (χ1n) is 8.36. The number of imidazole rings is 1. The molecular formula is C17H17N5O4S. The zero-order valence-electron chi connectivity index (χ0n) is 14.6. The van der Waals surface area contributed by atoms with E-state index in [1.165, 1.54) is 15.7 Å². The summed E-state index contributed by atoms with van der Waals surface area (Å²) in [5.41, 5.74) is 0.566. The highest BCUT2D eigenvalue weighted by Crippen LogP contribution is 2.31. The lowest BCUT2D eigenvalue weighted by Crippen LogP contribution is -2.49. The Kier molecular flexibility index (Phi) is 4.40. The number of methoxy groups -OCH3 is 1. The van der Waals surface area contributed by atoms with E-state index < -0.39 is 4.92 Å². The SMILES string of the molecule is COc1cccc(C(=O)N2CCN(c3nc4sccn4c3[N+](=O)[O-])CC2)c1. The second kappa shape index (κ2) is 6.88. The molecule has 3 aromatic rings. The van der Waals surface area contributed by atoms with E-state index in [1.807, 2.05) is 4.90 Å². The molecule has 9 nitrogen and oxygen atoms in total. The molecule has 4 rings (SSSR count). The van der Waals surface area contributed by atoms with Crippen molar-refractivity contribution in [2.75, 3.05) is 38.2 Å². The van der Waals surface area contributed by atoms with Gasteiger partial charge in [-0.2, -0.15) is 9.38 Å². The van der Waals surface area contributed by atoms with E-state index in [4.69, 9.17) is 4.74 Å². The topological polar surface area (TPSA) is 93.2 Å². The van der Waals surface area contributed by atoms with E-state index in [0.29, 0.717) is 48.3 Å². The van der Waals surface area contributed by atoms with Gasteiger partial charge in [-0.1, -0.05) is 17.4 Å². The number of hydrogen-bond donors (Lipinski definition) is 0. The summed E-state index contributed by atoms with van der Waals surface area (Å²) in [5, 5.41) is 13.3. The van der Waals surface area contributed by atoms with Crippen LogP contribution in [0.4, 0.5) is 11.6 Å². The fourth-order valence-corrected chi connectivity index (χ4v) is 3.91. The smallest absolute Gasteiger partial charge is 0.373 e. The van der Waals surface area contributed by atoms with Crippen LogP contribution >= 0.6 is 11.3 Å². The fourth-order valence-electron chi connectivity index (χ4n) is 3.20. The molecule has 27 heavy (non-hydrogen) atoms. The van der Waals surface area contributed by atoms with Gasteiger partial charge in [0.25, 0.3) is 10.9 Å². The lowest BCUT2D eigenvalue weighted by molar-refractivity contribution is -0.389. The van der Waals surface area contributed by atoms with Crippen molar-refractivity contribution in [2.45, 2.75) is 0 Å². The first-order chi connectivity index (χ1) is 13.1. The Bertz CT molecular complexity index is 1010. The second-order valence-corrected chi connectivity index (χ2v) is 6.96. The van der Waals surface area contributed by atoms with Gasteiger partial charge >= 0.3 is 5.82 Å². The molecule has 1 fully saturated rings. The number of ether oxygens (including phenoxy) is 1. The van der Waals surface area contributed by atoms with Gasteiger partial charge in [0.2, 0.25) is 5.82 Å². The Morgan fingerprint density at radius 1 is 1.30 bits per heavy atom. The number of nitrogens with zero attached hydrogens (tertiary/aromatic N) is 5. The molecule has 3 heterocycles. The third kappa shape index (κ3) is 3.08. The number of aromatic nitrogens is 2. The van der Waals surface area contributed by atoms with Gasteiger partial charge in [0.1, 0.15) is 11.9 Å². The molecule has 1 saturated heterocycles. The number of hydrogen-bond acceptors (Lipinski definition) is 7. The van der Waals surface area contributed by atoms with Gasteiger partial charge in [0.15, 0.2) is 0 Å². The molecule has 2 aromatic heterocycles. The van der Waals surface area contributed by atoms with Gasteiger partial charge in [0, 0.05) is 37.1 Å². The lowest BCUT2D eigenvalue weighted by atomic mass is 10.1. The largest absolute Gasteiger partial charge is 0.497 e. The fraction of sp³-hybridized carbons (Fsp3) is 0.294. The molecule has 140 valence electrons. The molecule has 0 unspecified atom stereocenters. The number of nitro groups is 1. The van der Waals surface area contributed by atoms with Crippen molar-refractivity contribution >= 4 is 33.8 Å².